The van der Waals surface area contributed by atoms with E-state index in [1.807, 2.05) is 30.3 Å². The van der Waals surface area contributed by atoms with Crippen LogP contribution >= 0.6 is 0 Å². The summed E-state index contributed by atoms with van der Waals surface area (Å²) in [6, 6.07) is 10.0. The predicted molar refractivity (Wildman–Crippen MR) is 85.8 cm³/mol. The lowest BCUT2D eigenvalue weighted by atomic mass is 10.4. The summed E-state index contributed by atoms with van der Waals surface area (Å²) in [4.78, 5) is 11.2. The van der Waals surface area contributed by atoms with Gasteiger partial charge in [-0.05, 0) is 18.5 Å². The van der Waals surface area contributed by atoms with Crippen molar-refractivity contribution in [1.29, 1.82) is 0 Å². The molecule has 1 atom stereocenters. The molecule has 0 N–H and O–H groups in total. The summed E-state index contributed by atoms with van der Waals surface area (Å²) in [6.45, 7) is 8.82. The summed E-state index contributed by atoms with van der Waals surface area (Å²) in [5.74, 6) is -0.353. The Morgan fingerprint density at radius 3 is 2.43 bits per heavy atom. The second-order valence-corrected chi connectivity index (χ2v) is 6.75. The molecule has 4 nitrogen and oxygen atoms in total. The van der Waals surface area contributed by atoms with Gasteiger partial charge in [0.25, 0.3) is 0 Å². The van der Waals surface area contributed by atoms with Crippen LogP contribution < -0.4 is 5.19 Å². The third-order valence-electron chi connectivity index (χ3n) is 2.68. The number of ether oxygens (including phenoxy) is 1. The summed E-state index contributed by atoms with van der Waals surface area (Å²) in [6.07, 6.45) is 1.63. The molecule has 0 aliphatic carbocycles. The Hall–Kier alpha value is -1.43. The number of carbonyl (C=O) groups is 1. The molecule has 0 saturated carbocycles. The van der Waals surface area contributed by atoms with Crippen LogP contribution in [0.4, 0.5) is 0 Å². The Bertz CT molecular complexity index is 433. The Morgan fingerprint density at radius 1 is 1.14 bits per heavy atom. The summed E-state index contributed by atoms with van der Waals surface area (Å²) in [7, 11) is -1.85. The van der Waals surface area contributed by atoms with Crippen LogP contribution in [0.2, 0.25) is 0 Å². The Balaban J connectivity index is 2.33. The van der Waals surface area contributed by atoms with E-state index in [9.17, 15) is 4.79 Å². The zero-order valence-corrected chi connectivity index (χ0v) is 14.0. The molecule has 0 aromatic heterocycles. The number of benzene rings is 1. The third kappa shape index (κ3) is 7.22. The molecule has 0 fully saturated rings. The first-order chi connectivity index (χ1) is 10.1. The van der Waals surface area contributed by atoms with Crippen molar-refractivity contribution in [2.45, 2.75) is 26.7 Å². The van der Waals surface area contributed by atoms with Crippen LogP contribution in [-0.2, 0) is 18.4 Å². The second-order valence-electron chi connectivity index (χ2n) is 4.75. The van der Waals surface area contributed by atoms with Gasteiger partial charge in [0.2, 0.25) is 0 Å². The van der Waals surface area contributed by atoms with E-state index in [0.717, 1.165) is 11.6 Å². The van der Waals surface area contributed by atoms with Crippen LogP contribution in [0.15, 0.2) is 42.5 Å². The predicted octanol–water partition coefficient (Wildman–Crippen LogP) is 2.07. The van der Waals surface area contributed by atoms with Crippen molar-refractivity contribution in [3.63, 3.8) is 0 Å². The van der Waals surface area contributed by atoms with Crippen molar-refractivity contribution in [3.05, 3.63) is 42.5 Å². The van der Waals surface area contributed by atoms with E-state index in [-0.39, 0.29) is 5.97 Å². The number of carbonyl (C=O) groups excluding carboxylic acids is 1. The Kier molecular flexibility index (Phi) is 8.65. The average molecular weight is 308 g/mol. The number of rotatable bonds is 10. The molecule has 116 valence electrons. The van der Waals surface area contributed by atoms with Crippen LogP contribution in [0.1, 0.15) is 26.7 Å². The maximum absolute atomic E-state index is 11.2. The van der Waals surface area contributed by atoms with Gasteiger partial charge in [-0.3, -0.25) is 0 Å². The number of hydrogen-bond donors (Lipinski definition) is 0. The molecule has 1 unspecified atom stereocenters. The first-order valence-electron chi connectivity index (χ1n) is 7.26. The molecule has 21 heavy (non-hydrogen) atoms. The quantitative estimate of drug-likeness (QED) is 0.287. The highest BCUT2D eigenvalue weighted by Gasteiger charge is 2.15. The summed E-state index contributed by atoms with van der Waals surface area (Å²) >= 11 is 0. The van der Waals surface area contributed by atoms with Crippen LogP contribution in [0.3, 0.4) is 0 Å². The van der Waals surface area contributed by atoms with Crippen molar-refractivity contribution in [2.24, 2.45) is 0 Å². The van der Waals surface area contributed by atoms with Crippen molar-refractivity contribution in [3.8, 4) is 0 Å². The smallest absolute Gasteiger partial charge is 0.355 e. The average Bonchev–Trinajstić information content (AvgIpc) is 2.50. The highest BCUT2D eigenvalue weighted by atomic mass is 28.3. The van der Waals surface area contributed by atoms with Gasteiger partial charge in [-0.25, -0.2) is 4.79 Å². The van der Waals surface area contributed by atoms with E-state index in [0.29, 0.717) is 31.8 Å². The molecule has 1 rings (SSSR count). The summed E-state index contributed by atoms with van der Waals surface area (Å²) < 4.78 is 16.7. The van der Waals surface area contributed by atoms with Gasteiger partial charge in [-0.1, -0.05) is 43.8 Å². The normalized spacial score (nSPS) is 11.9. The number of esters is 1. The molecule has 0 spiro atoms. The molecule has 0 bridgehead atoms. The fourth-order valence-corrected chi connectivity index (χ4v) is 3.46. The molecule has 0 radical (unpaired) electrons. The molecule has 0 heterocycles. The zero-order valence-electron chi connectivity index (χ0n) is 12.8. The minimum absolute atomic E-state index is 0.343. The Morgan fingerprint density at radius 2 is 1.81 bits per heavy atom. The largest absolute Gasteiger partial charge is 0.462 e. The fourth-order valence-electron chi connectivity index (χ4n) is 1.61. The highest BCUT2D eigenvalue weighted by Crippen LogP contribution is 1.98. The first kappa shape index (κ1) is 17.6. The highest BCUT2D eigenvalue weighted by molar-refractivity contribution is 6.61. The van der Waals surface area contributed by atoms with Crippen molar-refractivity contribution < 1.29 is 18.4 Å². The van der Waals surface area contributed by atoms with Gasteiger partial charge in [-0.15, -0.1) is 0 Å². The topological polar surface area (TPSA) is 44.8 Å². The fraction of sp³-hybridized carbons (Fsp3) is 0.438. The first-order valence-corrected chi connectivity index (χ1v) is 8.78. The molecular formula is C16H24O4Si. The lowest BCUT2D eigenvalue weighted by molar-refractivity contribution is -0.139. The van der Waals surface area contributed by atoms with Gasteiger partial charge in [0.05, 0.1) is 6.61 Å². The van der Waals surface area contributed by atoms with Gasteiger partial charge in [0.15, 0.2) is 0 Å². The van der Waals surface area contributed by atoms with Gasteiger partial charge in [-0.2, -0.15) is 0 Å². The van der Waals surface area contributed by atoms with Crippen LogP contribution in [0, 0.1) is 0 Å². The van der Waals surface area contributed by atoms with Crippen LogP contribution in [-0.4, -0.2) is 35.1 Å². The van der Waals surface area contributed by atoms with Crippen LogP contribution in [0.25, 0.3) is 0 Å². The molecule has 0 aliphatic heterocycles. The van der Waals surface area contributed by atoms with Gasteiger partial charge in [0.1, 0.15) is 0 Å². The summed E-state index contributed by atoms with van der Waals surface area (Å²) in [5.41, 5.74) is 0.415. The molecular weight excluding hydrogens is 284 g/mol. The van der Waals surface area contributed by atoms with E-state index in [1.54, 1.807) is 6.92 Å². The minimum Gasteiger partial charge on any atom is -0.462 e. The molecule has 0 saturated heterocycles. The van der Waals surface area contributed by atoms with Crippen molar-refractivity contribution in [1.82, 2.24) is 0 Å². The minimum atomic E-state index is -1.85. The monoisotopic (exact) mass is 308 g/mol. The van der Waals surface area contributed by atoms with E-state index in [1.165, 1.54) is 0 Å². The zero-order chi connectivity index (χ0) is 15.5. The second kappa shape index (κ2) is 10.3. The summed E-state index contributed by atoms with van der Waals surface area (Å²) in [5, 5.41) is 1.13. The van der Waals surface area contributed by atoms with E-state index >= 15 is 0 Å². The van der Waals surface area contributed by atoms with Crippen molar-refractivity contribution >= 4 is 20.4 Å². The third-order valence-corrected chi connectivity index (χ3v) is 4.69. The number of hydrogen-bond acceptors (Lipinski definition) is 4. The molecule has 0 aliphatic rings. The van der Waals surface area contributed by atoms with E-state index in [2.05, 4.69) is 13.5 Å². The lowest BCUT2D eigenvalue weighted by Crippen LogP contribution is -2.37. The van der Waals surface area contributed by atoms with Gasteiger partial charge >= 0.3 is 15.3 Å². The SMILES string of the molecule is C=C(C)C(=O)OCCCO[SiH](OCCC)c1ccccc1. The maximum atomic E-state index is 11.2. The molecule has 0 amide bonds. The standard InChI is InChI=1S/C16H24O4Si/c1-4-11-19-21(15-9-6-5-7-10-15)20-13-8-12-18-16(17)14(2)3/h5-7,9-10,21H,2,4,8,11-13H2,1,3H3. The van der Waals surface area contributed by atoms with E-state index < -0.39 is 9.28 Å². The van der Waals surface area contributed by atoms with E-state index in [4.69, 9.17) is 13.6 Å². The molecule has 1 aromatic rings. The van der Waals surface area contributed by atoms with Gasteiger partial charge < -0.3 is 13.6 Å². The molecule has 5 heteroatoms. The van der Waals surface area contributed by atoms with Crippen molar-refractivity contribution in [2.75, 3.05) is 19.8 Å². The lowest BCUT2D eigenvalue weighted by Gasteiger charge is -2.16. The molecule has 1 aromatic carbocycles. The van der Waals surface area contributed by atoms with Crippen LogP contribution in [0.5, 0.6) is 0 Å². The van der Waals surface area contributed by atoms with Gasteiger partial charge in [0, 0.05) is 25.2 Å². The maximum Gasteiger partial charge on any atom is 0.355 e. The Labute approximate surface area is 128 Å².